The summed E-state index contributed by atoms with van der Waals surface area (Å²) in [7, 11) is 1.62. The van der Waals surface area contributed by atoms with Crippen molar-refractivity contribution in [3.05, 3.63) is 36.3 Å². The van der Waals surface area contributed by atoms with Gasteiger partial charge in [0, 0.05) is 17.5 Å². The van der Waals surface area contributed by atoms with Gasteiger partial charge in [-0.3, -0.25) is 0 Å². The molecule has 4 heteroatoms. The number of hydrogen-bond donors (Lipinski definition) is 1. The Labute approximate surface area is 104 Å². The van der Waals surface area contributed by atoms with Crippen molar-refractivity contribution in [3.8, 4) is 5.75 Å². The van der Waals surface area contributed by atoms with Crippen molar-refractivity contribution in [2.75, 3.05) is 13.7 Å². The van der Waals surface area contributed by atoms with Gasteiger partial charge in [-0.25, -0.2) is 0 Å². The summed E-state index contributed by atoms with van der Waals surface area (Å²) >= 11 is 0. The third-order valence-electron chi connectivity index (χ3n) is 2.94. The molecule has 0 saturated heterocycles. The first-order valence-electron chi connectivity index (χ1n) is 5.67. The second-order valence-corrected chi connectivity index (χ2v) is 3.91. The summed E-state index contributed by atoms with van der Waals surface area (Å²) in [6, 6.07) is 3.77. The zero-order chi connectivity index (χ0) is 12.5. The Morgan fingerprint density at radius 1 is 1.17 bits per heavy atom. The quantitative estimate of drug-likeness (QED) is 0.767. The van der Waals surface area contributed by atoms with Crippen molar-refractivity contribution in [1.29, 1.82) is 0 Å². The van der Waals surface area contributed by atoms with Crippen LogP contribution in [0.4, 0.5) is 0 Å². The van der Waals surface area contributed by atoms with Gasteiger partial charge in [0.15, 0.2) is 11.3 Å². The second kappa shape index (κ2) is 4.23. The highest BCUT2D eigenvalue weighted by atomic mass is 16.5. The predicted molar refractivity (Wildman–Crippen MR) is 70.6 cm³/mol. The van der Waals surface area contributed by atoms with E-state index in [1.54, 1.807) is 19.6 Å². The van der Waals surface area contributed by atoms with E-state index in [9.17, 15) is 0 Å². The second-order valence-electron chi connectivity index (χ2n) is 3.91. The molecule has 3 rings (SSSR count). The maximum Gasteiger partial charge on any atom is 0.177 e. The van der Waals surface area contributed by atoms with Crippen molar-refractivity contribution in [1.82, 2.24) is 0 Å². The molecule has 92 valence electrons. The average Bonchev–Trinajstić information content (AvgIpc) is 3.02. The number of fused-ring (bicyclic) bond motifs is 2. The molecule has 0 aliphatic rings. The Bertz CT molecular complexity index is 669. The third-order valence-corrected chi connectivity index (χ3v) is 2.94. The van der Waals surface area contributed by atoms with Gasteiger partial charge in [0.05, 0.1) is 25.0 Å². The van der Waals surface area contributed by atoms with E-state index in [2.05, 4.69) is 0 Å². The lowest BCUT2D eigenvalue weighted by atomic mass is 10.1. The summed E-state index contributed by atoms with van der Waals surface area (Å²) in [5, 5.41) is 1.86. The van der Waals surface area contributed by atoms with E-state index in [1.807, 2.05) is 24.3 Å². The van der Waals surface area contributed by atoms with Gasteiger partial charge in [-0.1, -0.05) is 12.2 Å². The predicted octanol–water partition coefficient (Wildman–Crippen LogP) is 3.16. The first-order chi connectivity index (χ1) is 8.86. The Balaban J connectivity index is 2.46. The molecule has 0 fully saturated rings. The number of ether oxygens (including phenoxy) is 1. The van der Waals surface area contributed by atoms with E-state index in [0.29, 0.717) is 12.3 Å². The van der Waals surface area contributed by atoms with Crippen molar-refractivity contribution in [2.45, 2.75) is 0 Å². The molecule has 0 amide bonds. The fourth-order valence-corrected chi connectivity index (χ4v) is 2.19. The molecule has 18 heavy (non-hydrogen) atoms. The first kappa shape index (κ1) is 10.9. The molecule has 1 aromatic carbocycles. The lowest BCUT2D eigenvalue weighted by Gasteiger charge is -2.05. The molecule has 0 aliphatic carbocycles. The summed E-state index contributed by atoms with van der Waals surface area (Å²) in [5.74, 6) is 0.698. The largest absolute Gasteiger partial charge is 0.492 e. The minimum absolute atomic E-state index is 0.480. The molecule has 0 unspecified atom stereocenters. The Morgan fingerprint density at radius 3 is 2.61 bits per heavy atom. The number of methoxy groups -OCH3 is 1. The zero-order valence-electron chi connectivity index (χ0n) is 9.97. The highest BCUT2D eigenvalue weighted by Gasteiger charge is 2.17. The summed E-state index contributed by atoms with van der Waals surface area (Å²) in [4.78, 5) is 0. The van der Waals surface area contributed by atoms with Gasteiger partial charge in [0.2, 0.25) is 0 Å². The van der Waals surface area contributed by atoms with E-state index in [1.165, 1.54) is 0 Å². The maximum absolute atomic E-state index is 5.55. The lowest BCUT2D eigenvalue weighted by Crippen LogP contribution is -1.92. The molecule has 3 aromatic rings. The van der Waals surface area contributed by atoms with Gasteiger partial charge in [-0.2, -0.15) is 0 Å². The fraction of sp³-hybridized carbons (Fsp3) is 0.143. The van der Waals surface area contributed by atoms with Crippen LogP contribution < -0.4 is 10.5 Å². The maximum atomic E-state index is 5.55. The van der Waals surface area contributed by atoms with Crippen molar-refractivity contribution >= 4 is 28.0 Å². The van der Waals surface area contributed by atoms with Gasteiger partial charge in [0.25, 0.3) is 0 Å². The molecule has 2 heterocycles. The van der Waals surface area contributed by atoms with Crippen LogP contribution >= 0.6 is 0 Å². The van der Waals surface area contributed by atoms with Gasteiger partial charge in [-0.15, -0.1) is 0 Å². The Morgan fingerprint density at radius 2 is 1.89 bits per heavy atom. The fourth-order valence-electron chi connectivity index (χ4n) is 2.19. The highest BCUT2D eigenvalue weighted by Crippen LogP contribution is 2.39. The minimum Gasteiger partial charge on any atom is -0.492 e. The Kier molecular flexibility index (Phi) is 2.57. The monoisotopic (exact) mass is 243 g/mol. The van der Waals surface area contributed by atoms with Crippen LogP contribution in [0.5, 0.6) is 5.75 Å². The van der Waals surface area contributed by atoms with Gasteiger partial charge in [0.1, 0.15) is 5.58 Å². The molecule has 0 spiro atoms. The van der Waals surface area contributed by atoms with Crippen LogP contribution in [0.1, 0.15) is 5.56 Å². The van der Waals surface area contributed by atoms with Crippen molar-refractivity contribution in [3.63, 3.8) is 0 Å². The van der Waals surface area contributed by atoms with Crippen molar-refractivity contribution in [2.24, 2.45) is 5.73 Å². The average molecular weight is 243 g/mol. The molecular formula is C14H13NO3. The van der Waals surface area contributed by atoms with Crippen LogP contribution in [0.2, 0.25) is 0 Å². The summed E-state index contributed by atoms with van der Waals surface area (Å²) in [5.41, 5.74) is 7.98. The van der Waals surface area contributed by atoms with Crippen LogP contribution in [0.3, 0.4) is 0 Å². The van der Waals surface area contributed by atoms with E-state index < -0.39 is 0 Å². The van der Waals surface area contributed by atoms with Crippen LogP contribution in [-0.2, 0) is 0 Å². The van der Waals surface area contributed by atoms with E-state index in [4.69, 9.17) is 19.3 Å². The van der Waals surface area contributed by atoms with Crippen LogP contribution in [0.25, 0.3) is 28.0 Å². The van der Waals surface area contributed by atoms with E-state index >= 15 is 0 Å². The SMILES string of the molecule is COc1c2ccoc2c(/C=C/CN)c2ccoc12. The van der Waals surface area contributed by atoms with Gasteiger partial charge >= 0.3 is 0 Å². The molecule has 2 N–H and O–H groups in total. The molecule has 0 aliphatic heterocycles. The lowest BCUT2D eigenvalue weighted by molar-refractivity contribution is 0.415. The summed E-state index contributed by atoms with van der Waals surface area (Å²) < 4.78 is 16.5. The van der Waals surface area contributed by atoms with E-state index in [-0.39, 0.29) is 0 Å². The number of hydrogen-bond acceptors (Lipinski definition) is 4. The summed E-state index contributed by atoms with van der Waals surface area (Å²) in [6.07, 6.45) is 7.12. The molecule has 0 saturated carbocycles. The zero-order valence-corrected chi connectivity index (χ0v) is 9.97. The highest BCUT2D eigenvalue weighted by molar-refractivity contribution is 6.08. The number of nitrogens with two attached hydrogens (primary N) is 1. The third kappa shape index (κ3) is 1.43. The Hall–Kier alpha value is -2.20. The van der Waals surface area contributed by atoms with Gasteiger partial charge < -0.3 is 19.3 Å². The van der Waals surface area contributed by atoms with Gasteiger partial charge in [-0.05, 0) is 12.1 Å². The van der Waals surface area contributed by atoms with Crippen LogP contribution in [-0.4, -0.2) is 13.7 Å². The van der Waals surface area contributed by atoms with Crippen LogP contribution in [0.15, 0.2) is 39.6 Å². The molecule has 4 nitrogen and oxygen atoms in total. The standard InChI is InChI=1S/C14H13NO3/c1-16-13-11-5-8-17-12(11)9(3-2-6-15)10-4-7-18-14(10)13/h2-5,7-8H,6,15H2,1H3/b3-2+. The first-order valence-corrected chi connectivity index (χ1v) is 5.67. The number of furan rings is 2. The van der Waals surface area contributed by atoms with E-state index in [0.717, 1.165) is 27.5 Å². The smallest absolute Gasteiger partial charge is 0.177 e. The molecule has 0 radical (unpaired) electrons. The number of rotatable bonds is 3. The topological polar surface area (TPSA) is 61.5 Å². The summed E-state index contributed by atoms with van der Waals surface area (Å²) in [6.45, 7) is 0.480. The molecule has 0 atom stereocenters. The molecular weight excluding hydrogens is 230 g/mol. The number of benzene rings is 1. The minimum atomic E-state index is 0.480. The van der Waals surface area contributed by atoms with Crippen LogP contribution in [0, 0.1) is 0 Å². The molecule has 0 bridgehead atoms. The molecule has 2 aromatic heterocycles. The normalized spacial score (nSPS) is 11.9. The van der Waals surface area contributed by atoms with Crippen molar-refractivity contribution < 1.29 is 13.6 Å².